The predicted molar refractivity (Wildman–Crippen MR) is 66.9 cm³/mol. The summed E-state index contributed by atoms with van der Waals surface area (Å²) in [7, 11) is 0. The first kappa shape index (κ1) is 14.2. The second-order valence-electron chi connectivity index (χ2n) is 4.60. The molecule has 0 bridgehead atoms. The molecule has 0 saturated carbocycles. The van der Waals surface area contributed by atoms with Gasteiger partial charge in [-0.2, -0.15) is 0 Å². The van der Waals surface area contributed by atoms with Crippen molar-refractivity contribution in [2.45, 2.75) is 53.9 Å². The van der Waals surface area contributed by atoms with E-state index in [1.54, 1.807) is 6.08 Å². The molecule has 0 rings (SSSR count). The van der Waals surface area contributed by atoms with E-state index in [2.05, 4.69) is 20.8 Å². The third-order valence-electron chi connectivity index (χ3n) is 2.32. The zero-order valence-corrected chi connectivity index (χ0v) is 10.8. The average molecular weight is 208 g/mol. The number of rotatable bonds is 6. The minimum absolute atomic E-state index is 0.134. The quantitative estimate of drug-likeness (QED) is 0.595. The van der Waals surface area contributed by atoms with Gasteiger partial charge in [0.25, 0.3) is 0 Å². The van der Waals surface area contributed by atoms with E-state index in [0.717, 1.165) is 12.0 Å². The molecule has 0 N–H and O–H groups in total. The molecule has 15 heavy (non-hydrogen) atoms. The summed E-state index contributed by atoms with van der Waals surface area (Å²) in [6.45, 7) is 10.4. The minimum atomic E-state index is 0.134. The van der Waals surface area contributed by atoms with Crippen LogP contribution in [0.1, 0.15) is 53.9 Å². The fourth-order valence-electron chi connectivity index (χ4n) is 1.42. The molecule has 0 aromatic carbocycles. The molecule has 0 saturated heterocycles. The SMILES string of the molecule is CCCC/C(=C/C(=O)C=C(C)C)C(C)C. The van der Waals surface area contributed by atoms with Crippen LogP contribution in [0.15, 0.2) is 23.3 Å². The maximum absolute atomic E-state index is 11.6. The van der Waals surface area contributed by atoms with Crippen molar-refractivity contribution < 1.29 is 4.79 Å². The van der Waals surface area contributed by atoms with Crippen LogP contribution in [-0.2, 0) is 4.79 Å². The molecule has 0 amide bonds. The smallest absolute Gasteiger partial charge is 0.178 e. The van der Waals surface area contributed by atoms with Crippen molar-refractivity contribution in [1.29, 1.82) is 0 Å². The highest BCUT2D eigenvalue weighted by atomic mass is 16.1. The Balaban J connectivity index is 4.53. The zero-order valence-electron chi connectivity index (χ0n) is 10.8. The molecule has 0 aliphatic heterocycles. The van der Waals surface area contributed by atoms with Gasteiger partial charge in [0.1, 0.15) is 0 Å². The third kappa shape index (κ3) is 7.12. The van der Waals surface area contributed by atoms with Crippen molar-refractivity contribution in [2.75, 3.05) is 0 Å². The summed E-state index contributed by atoms with van der Waals surface area (Å²) in [5.41, 5.74) is 2.34. The van der Waals surface area contributed by atoms with E-state index in [1.165, 1.54) is 18.4 Å². The number of carbonyl (C=O) groups is 1. The van der Waals surface area contributed by atoms with Crippen molar-refractivity contribution in [3.63, 3.8) is 0 Å². The Morgan fingerprint density at radius 1 is 1.20 bits per heavy atom. The van der Waals surface area contributed by atoms with Gasteiger partial charge in [0.05, 0.1) is 0 Å². The van der Waals surface area contributed by atoms with Crippen molar-refractivity contribution in [3.8, 4) is 0 Å². The second kappa shape index (κ2) is 7.44. The lowest BCUT2D eigenvalue weighted by Crippen LogP contribution is -1.99. The maximum Gasteiger partial charge on any atom is 0.178 e. The van der Waals surface area contributed by atoms with Crippen LogP contribution in [0.2, 0.25) is 0 Å². The Labute approximate surface area is 94.3 Å². The Bertz CT molecular complexity index is 253. The summed E-state index contributed by atoms with van der Waals surface area (Å²) in [6.07, 6.45) is 6.92. The second-order valence-corrected chi connectivity index (χ2v) is 4.60. The number of carbonyl (C=O) groups excluding carboxylic acids is 1. The van der Waals surface area contributed by atoms with Crippen molar-refractivity contribution >= 4 is 5.78 Å². The normalized spacial score (nSPS) is 11.7. The molecular weight excluding hydrogens is 184 g/mol. The topological polar surface area (TPSA) is 17.1 Å². The summed E-state index contributed by atoms with van der Waals surface area (Å²) < 4.78 is 0. The molecule has 86 valence electrons. The highest BCUT2D eigenvalue weighted by Gasteiger charge is 2.04. The van der Waals surface area contributed by atoms with Gasteiger partial charge < -0.3 is 0 Å². The van der Waals surface area contributed by atoms with Crippen LogP contribution in [0.4, 0.5) is 0 Å². The molecule has 0 spiro atoms. The molecule has 0 aliphatic rings. The van der Waals surface area contributed by atoms with Crippen molar-refractivity contribution in [1.82, 2.24) is 0 Å². The average Bonchev–Trinajstić information content (AvgIpc) is 2.10. The largest absolute Gasteiger partial charge is 0.290 e. The molecule has 0 aromatic heterocycles. The van der Waals surface area contributed by atoms with Crippen molar-refractivity contribution in [2.24, 2.45) is 5.92 Å². The van der Waals surface area contributed by atoms with Crippen LogP contribution < -0.4 is 0 Å². The van der Waals surface area contributed by atoms with Crippen LogP contribution in [0, 0.1) is 5.92 Å². The molecular formula is C14H24O. The van der Waals surface area contributed by atoms with Crippen LogP contribution >= 0.6 is 0 Å². The summed E-state index contributed by atoms with van der Waals surface area (Å²) in [4.78, 5) is 11.6. The summed E-state index contributed by atoms with van der Waals surface area (Å²) in [6, 6.07) is 0. The number of hydrogen-bond acceptors (Lipinski definition) is 1. The lowest BCUT2D eigenvalue weighted by atomic mass is 9.96. The Morgan fingerprint density at radius 2 is 1.80 bits per heavy atom. The fourth-order valence-corrected chi connectivity index (χ4v) is 1.42. The fraction of sp³-hybridized carbons (Fsp3) is 0.643. The van der Waals surface area contributed by atoms with Crippen molar-refractivity contribution in [3.05, 3.63) is 23.3 Å². The summed E-state index contributed by atoms with van der Waals surface area (Å²) in [5.74, 6) is 0.612. The van der Waals surface area contributed by atoms with E-state index >= 15 is 0 Å². The summed E-state index contributed by atoms with van der Waals surface area (Å²) in [5, 5.41) is 0. The molecule has 0 aromatic rings. The van der Waals surface area contributed by atoms with Gasteiger partial charge in [0.15, 0.2) is 5.78 Å². The van der Waals surface area contributed by atoms with E-state index in [0.29, 0.717) is 5.92 Å². The van der Waals surface area contributed by atoms with E-state index < -0.39 is 0 Å². The van der Waals surface area contributed by atoms with Crippen LogP contribution in [0.5, 0.6) is 0 Å². The zero-order chi connectivity index (χ0) is 11.8. The predicted octanol–water partition coefficient (Wildman–Crippen LogP) is 4.29. The molecule has 0 aliphatic carbocycles. The first-order valence-electron chi connectivity index (χ1n) is 5.86. The molecule has 0 radical (unpaired) electrons. The highest BCUT2D eigenvalue weighted by Crippen LogP contribution is 2.17. The van der Waals surface area contributed by atoms with Crippen LogP contribution in [-0.4, -0.2) is 5.78 Å². The van der Waals surface area contributed by atoms with Gasteiger partial charge in [-0.1, -0.05) is 38.3 Å². The highest BCUT2D eigenvalue weighted by molar-refractivity contribution is 6.00. The Hall–Kier alpha value is -0.850. The first-order chi connectivity index (χ1) is 6.97. The number of hydrogen-bond donors (Lipinski definition) is 0. The summed E-state index contributed by atoms with van der Waals surface area (Å²) >= 11 is 0. The number of allylic oxidation sites excluding steroid dienone is 4. The Morgan fingerprint density at radius 3 is 2.20 bits per heavy atom. The number of ketones is 1. The van der Waals surface area contributed by atoms with E-state index in [4.69, 9.17) is 0 Å². The molecule has 1 nitrogen and oxygen atoms in total. The lowest BCUT2D eigenvalue weighted by molar-refractivity contribution is -0.110. The first-order valence-corrected chi connectivity index (χ1v) is 5.86. The van der Waals surface area contributed by atoms with Crippen LogP contribution in [0.25, 0.3) is 0 Å². The van der Waals surface area contributed by atoms with Gasteiger partial charge in [-0.25, -0.2) is 0 Å². The third-order valence-corrected chi connectivity index (χ3v) is 2.32. The van der Waals surface area contributed by atoms with E-state index in [9.17, 15) is 4.79 Å². The van der Waals surface area contributed by atoms with Gasteiger partial charge >= 0.3 is 0 Å². The van der Waals surface area contributed by atoms with Gasteiger partial charge in [-0.05, 0) is 44.8 Å². The monoisotopic (exact) mass is 208 g/mol. The lowest BCUT2D eigenvalue weighted by Gasteiger charge is -2.09. The molecule has 0 atom stereocenters. The standard InChI is InChI=1S/C14H24O/c1-6-7-8-13(12(4)5)10-14(15)9-11(2)3/h9-10,12H,6-8H2,1-5H3/b13-10-. The van der Waals surface area contributed by atoms with E-state index in [-0.39, 0.29) is 5.78 Å². The van der Waals surface area contributed by atoms with Gasteiger partial charge in [-0.15, -0.1) is 0 Å². The molecule has 0 unspecified atom stereocenters. The van der Waals surface area contributed by atoms with E-state index in [1.807, 2.05) is 19.9 Å². The van der Waals surface area contributed by atoms with Crippen LogP contribution in [0.3, 0.4) is 0 Å². The molecule has 0 heterocycles. The Kier molecular flexibility index (Phi) is 7.02. The number of unbranched alkanes of at least 4 members (excludes halogenated alkanes) is 1. The van der Waals surface area contributed by atoms with Gasteiger partial charge in [0, 0.05) is 0 Å². The van der Waals surface area contributed by atoms with Gasteiger partial charge in [-0.3, -0.25) is 4.79 Å². The molecule has 1 heteroatoms. The minimum Gasteiger partial charge on any atom is -0.290 e. The van der Waals surface area contributed by atoms with Gasteiger partial charge in [0.2, 0.25) is 0 Å². The maximum atomic E-state index is 11.6. The molecule has 0 fully saturated rings.